The van der Waals surface area contributed by atoms with Gasteiger partial charge in [0.05, 0.1) is 18.6 Å². The van der Waals surface area contributed by atoms with Gasteiger partial charge < -0.3 is 4.74 Å². The first kappa shape index (κ1) is 14.0. The van der Waals surface area contributed by atoms with Gasteiger partial charge in [-0.25, -0.2) is 0 Å². The van der Waals surface area contributed by atoms with E-state index in [2.05, 4.69) is 28.7 Å². The van der Waals surface area contributed by atoms with E-state index in [4.69, 9.17) is 10.00 Å². The van der Waals surface area contributed by atoms with E-state index < -0.39 is 0 Å². The number of carbonyl (C=O) groups is 1. The largest absolute Gasteiger partial charge is 0.466 e. The lowest BCUT2D eigenvalue weighted by Crippen LogP contribution is -2.08. The van der Waals surface area contributed by atoms with E-state index in [-0.39, 0.29) is 12.4 Å². The molecule has 1 aromatic rings. The molecule has 0 aliphatic rings. The van der Waals surface area contributed by atoms with Crippen LogP contribution < -0.4 is 0 Å². The van der Waals surface area contributed by atoms with Gasteiger partial charge in [-0.2, -0.15) is 5.26 Å². The Hall–Kier alpha value is -1.09. The molecule has 3 nitrogen and oxygen atoms in total. The maximum absolute atomic E-state index is 11.4. The Morgan fingerprint density at radius 2 is 2.18 bits per heavy atom. The van der Waals surface area contributed by atoms with E-state index in [1.807, 2.05) is 19.1 Å². The molecule has 90 valence electrons. The summed E-state index contributed by atoms with van der Waals surface area (Å²) in [7, 11) is 0. The minimum absolute atomic E-state index is 0.227. The smallest absolute Gasteiger partial charge is 0.310 e. The number of halogens is 1. The summed E-state index contributed by atoms with van der Waals surface area (Å²) in [5, 5.41) is 9.04. The maximum atomic E-state index is 11.4. The summed E-state index contributed by atoms with van der Waals surface area (Å²) in [4.78, 5) is 11.4. The van der Waals surface area contributed by atoms with Crippen LogP contribution in [-0.2, 0) is 22.4 Å². The predicted molar refractivity (Wildman–Crippen MR) is 73.6 cm³/mol. The van der Waals surface area contributed by atoms with Crippen molar-refractivity contribution in [1.29, 1.82) is 5.26 Å². The molecule has 17 heavy (non-hydrogen) atoms. The van der Waals surface area contributed by atoms with E-state index in [0.717, 1.165) is 21.1 Å². The van der Waals surface area contributed by atoms with Gasteiger partial charge in [0.1, 0.15) is 6.07 Å². The van der Waals surface area contributed by atoms with Gasteiger partial charge in [-0.3, -0.25) is 4.79 Å². The number of aryl methyl sites for hydroxylation is 1. The third kappa shape index (κ3) is 3.70. The van der Waals surface area contributed by atoms with Gasteiger partial charge in [-0.05, 0) is 53.1 Å². The van der Waals surface area contributed by atoms with Crippen molar-refractivity contribution >= 4 is 28.6 Å². The molecule has 4 heteroatoms. The van der Waals surface area contributed by atoms with Crippen LogP contribution >= 0.6 is 22.6 Å². The van der Waals surface area contributed by atoms with Crippen molar-refractivity contribution in [3.8, 4) is 6.07 Å². The highest BCUT2D eigenvalue weighted by molar-refractivity contribution is 14.1. The minimum atomic E-state index is -0.227. The molecule has 0 saturated heterocycles. The Kier molecular flexibility index (Phi) is 5.42. The fraction of sp³-hybridized carbons (Fsp3) is 0.385. The number of carbonyl (C=O) groups excluding carboxylic acids is 1. The number of esters is 1. The second-order valence-electron chi connectivity index (χ2n) is 3.56. The van der Waals surface area contributed by atoms with Crippen LogP contribution in [0.3, 0.4) is 0 Å². The van der Waals surface area contributed by atoms with Gasteiger partial charge >= 0.3 is 5.97 Å². The number of rotatable bonds is 4. The molecule has 0 unspecified atom stereocenters. The van der Waals surface area contributed by atoms with Crippen molar-refractivity contribution in [3.63, 3.8) is 0 Å². The molecular weight excluding hydrogens is 329 g/mol. The van der Waals surface area contributed by atoms with Gasteiger partial charge in [0.25, 0.3) is 0 Å². The molecule has 0 spiro atoms. The number of hydrogen-bond acceptors (Lipinski definition) is 3. The van der Waals surface area contributed by atoms with Crippen LogP contribution in [0.5, 0.6) is 0 Å². The van der Waals surface area contributed by atoms with Crippen LogP contribution in [0.4, 0.5) is 0 Å². The van der Waals surface area contributed by atoms with E-state index in [1.165, 1.54) is 0 Å². The molecule has 1 aromatic carbocycles. The van der Waals surface area contributed by atoms with E-state index >= 15 is 0 Å². The van der Waals surface area contributed by atoms with Gasteiger partial charge in [-0.1, -0.05) is 13.0 Å². The third-order valence-electron chi connectivity index (χ3n) is 2.38. The van der Waals surface area contributed by atoms with Gasteiger partial charge in [0, 0.05) is 3.57 Å². The van der Waals surface area contributed by atoms with E-state index in [9.17, 15) is 4.79 Å². The maximum Gasteiger partial charge on any atom is 0.310 e. The first-order valence-corrected chi connectivity index (χ1v) is 6.57. The Bertz CT molecular complexity index is 463. The zero-order valence-corrected chi connectivity index (χ0v) is 12.1. The molecule has 0 heterocycles. The molecule has 0 aliphatic carbocycles. The molecule has 0 radical (unpaired) electrons. The van der Waals surface area contributed by atoms with Crippen LogP contribution in [0.2, 0.25) is 0 Å². The summed E-state index contributed by atoms with van der Waals surface area (Å²) in [5.74, 6) is -0.227. The molecule has 0 amide bonds. The average Bonchev–Trinajstić information content (AvgIpc) is 2.28. The second-order valence-corrected chi connectivity index (χ2v) is 4.72. The van der Waals surface area contributed by atoms with Gasteiger partial charge in [-0.15, -0.1) is 0 Å². The Morgan fingerprint density at radius 3 is 2.71 bits per heavy atom. The molecule has 0 aromatic heterocycles. The molecule has 0 fully saturated rings. The molecule has 0 bridgehead atoms. The molecule has 0 N–H and O–H groups in total. The second kappa shape index (κ2) is 6.60. The first-order valence-electron chi connectivity index (χ1n) is 5.49. The molecule has 0 atom stereocenters. The topological polar surface area (TPSA) is 50.1 Å². The summed E-state index contributed by atoms with van der Waals surface area (Å²) in [6.07, 6.45) is 1.05. The zero-order chi connectivity index (χ0) is 12.8. The zero-order valence-electron chi connectivity index (χ0n) is 9.92. The fourth-order valence-electron chi connectivity index (χ4n) is 1.61. The van der Waals surface area contributed by atoms with Crippen LogP contribution in [0.25, 0.3) is 0 Å². The predicted octanol–water partition coefficient (Wildman–Crippen LogP) is 2.83. The Balaban J connectivity index is 3.00. The minimum Gasteiger partial charge on any atom is -0.466 e. The van der Waals surface area contributed by atoms with Crippen molar-refractivity contribution < 1.29 is 9.53 Å². The summed E-state index contributed by atoms with van der Waals surface area (Å²) in [6, 6.07) is 5.98. The van der Waals surface area contributed by atoms with Gasteiger partial charge in [0.2, 0.25) is 0 Å². The van der Waals surface area contributed by atoms with Crippen molar-refractivity contribution in [2.75, 3.05) is 6.61 Å². The summed E-state index contributed by atoms with van der Waals surface area (Å²) in [5.41, 5.74) is 2.60. The summed E-state index contributed by atoms with van der Waals surface area (Å²) >= 11 is 2.13. The molecule has 1 rings (SSSR count). The molecule has 0 aliphatic heterocycles. The lowest BCUT2D eigenvalue weighted by atomic mass is 10.0. The number of benzene rings is 1. The SMILES string of the molecule is CCOC(=O)Cc1cc(I)c(C#N)c(CC)c1. The fourth-order valence-corrected chi connectivity index (χ4v) is 2.48. The number of hydrogen-bond donors (Lipinski definition) is 0. The first-order chi connectivity index (χ1) is 8.12. The van der Waals surface area contributed by atoms with E-state index in [1.54, 1.807) is 6.92 Å². The normalized spacial score (nSPS) is 9.76. The highest BCUT2D eigenvalue weighted by atomic mass is 127. The number of nitrogens with zero attached hydrogens (tertiary/aromatic N) is 1. The Labute approximate surface area is 115 Å². The van der Waals surface area contributed by atoms with Crippen molar-refractivity contribution in [2.24, 2.45) is 0 Å². The lowest BCUT2D eigenvalue weighted by molar-refractivity contribution is -0.142. The van der Waals surface area contributed by atoms with Crippen LogP contribution in [0.1, 0.15) is 30.5 Å². The standard InChI is InChI=1S/C13H14INO2/c1-3-10-5-9(7-13(16)17-4-2)6-12(14)11(10)8-15/h5-6H,3-4,7H2,1-2H3. The van der Waals surface area contributed by atoms with Gasteiger partial charge in [0.15, 0.2) is 0 Å². The van der Waals surface area contributed by atoms with Crippen molar-refractivity contribution in [1.82, 2.24) is 0 Å². The number of nitriles is 1. The third-order valence-corrected chi connectivity index (χ3v) is 3.23. The quantitative estimate of drug-likeness (QED) is 0.624. The van der Waals surface area contributed by atoms with E-state index in [0.29, 0.717) is 12.2 Å². The summed E-state index contributed by atoms with van der Waals surface area (Å²) < 4.78 is 5.80. The lowest BCUT2D eigenvalue weighted by Gasteiger charge is -2.08. The summed E-state index contributed by atoms with van der Waals surface area (Å²) in [6.45, 7) is 4.19. The van der Waals surface area contributed by atoms with Crippen molar-refractivity contribution in [2.45, 2.75) is 26.7 Å². The molecular formula is C13H14INO2. The van der Waals surface area contributed by atoms with Crippen LogP contribution in [0, 0.1) is 14.9 Å². The monoisotopic (exact) mass is 343 g/mol. The highest BCUT2D eigenvalue weighted by Crippen LogP contribution is 2.20. The number of ether oxygens (including phenoxy) is 1. The van der Waals surface area contributed by atoms with Crippen LogP contribution in [-0.4, -0.2) is 12.6 Å². The van der Waals surface area contributed by atoms with Crippen LogP contribution in [0.15, 0.2) is 12.1 Å². The van der Waals surface area contributed by atoms with Crippen molar-refractivity contribution in [3.05, 3.63) is 32.4 Å². The Morgan fingerprint density at radius 1 is 1.47 bits per heavy atom. The average molecular weight is 343 g/mol. The highest BCUT2D eigenvalue weighted by Gasteiger charge is 2.10. The molecule has 0 saturated carbocycles.